The van der Waals surface area contributed by atoms with Gasteiger partial charge < -0.3 is 10.2 Å². The lowest BCUT2D eigenvalue weighted by atomic mass is 10.0. The molecule has 1 aromatic rings. The molecule has 3 nitrogen and oxygen atoms in total. The van der Waals surface area contributed by atoms with Crippen molar-refractivity contribution in [3.05, 3.63) is 23.4 Å². The highest BCUT2D eigenvalue weighted by Crippen LogP contribution is 2.24. The van der Waals surface area contributed by atoms with Gasteiger partial charge in [-0.3, -0.25) is 0 Å². The molecule has 0 bridgehead atoms. The van der Waals surface area contributed by atoms with E-state index in [2.05, 4.69) is 45.2 Å². The van der Waals surface area contributed by atoms with Crippen molar-refractivity contribution in [3.63, 3.8) is 0 Å². The largest absolute Gasteiger partial charge is 0.357 e. The summed E-state index contributed by atoms with van der Waals surface area (Å²) in [7, 11) is 0. The Labute approximate surface area is 130 Å². The SMILES string of the molecule is CCC1Cc2ccc(N3CCC(Br)CC3)nc2CCN1. The van der Waals surface area contributed by atoms with E-state index < -0.39 is 0 Å². The number of aromatic nitrogens is 1. The number of piperidine rings is 1. The summed E-state index contributed by atoms with van der Waals surface area (Å²) in [4.78, 5) is 8.09. The second-order valence-corrected chi connectivity index (χ2v) is 7.25. The van der Waals surface area contributed by atoms with Crippen molar-refractivity contribution in [1.82, 2.24) is 10.3 Å². The molecule has 0 amide bonds. The second-order valence-electron chi connectivity index (χ2n) is 5.95. The van der Waals surface area contributed by atoms with E-state index in [0.29, 0.717) is 10.9 Å². The first-order chi connectivity index (χ1) is 9.76. The minimum Gasteiger partial charge on any atom is -0.357 e. The molecule has 0 spiro atoms. The number of alkyl halides is 1. The van der Waals surface area contributed by atoms with E-state index in [9.17, 15) is 0 Å². The summed E-state index contributed by atoms with van der Waals surface area (Å²) in [5.74, 6) is 1.18. The molecule has 1 N–H and O–H groups in total. The van der Waals surface area contributed by atoms with Gasteiger partial charge in [0.05, 0.1) is 0 Å². The Morgan fingerprint density at radius 2 is 2.15 bits per heavy atom. The smallest absolute Gasteiger partial charge is 0.128 e. The number of hydrogen-bond acceptors (Lipinski definition) is 3. The van der Waals surface area contributed by atoms with Crippen molar-refractivity contribution in [2.75, 3.05) is 24.5 Å². The first-order valence-electron chi connectivity index (χ1n) is 7.87. The molecule has 1 fully saturated rings. The van der Waals surface area contributed by atoms with Crippen LogP contribution in [0.25, 0.3) is 0 Å². The Hall–Kier alpha value is -0.610. The number of rotatable bonds is 2. The van der Waals surface area contributed by atoms with Gasteiger partial charge >= 0.3 is 0 Å². The lowest BCUT2D eigenvalue weighted by Crippen LogP contribution is -2.34. The second kappa shape index (κ2) is 6.44. The van der Waals surface area contributed by atoms with Crippen molar-refractivity contribution in [3.8, 4) is 0 Å². The molecule has 20 heavy (non-hydrogen) atoms. The van der Waals surface area contributed by atoms with Crippen LogP contribution in [0.3, 0.4) is 0 Å². The lowest BCUT2D eigenvalue weighted by molar-refractivity contribution is 0.513. The molecule has 2 aliphatic rings. The van der Waals surface area contributed by atoms with E-state index in [1.165, 1.54) is 36.3 Å². The predicted molar refractivity (Wildman–Crippen MR) is 87.9 cm³/mol. The molecule has 2 aliphatic heterocycles. The van der Waals surface area contributed by atoms with Gasteiger partial charge in [0.1, 0.15) is 5.82 Å². The van der Waals surface area contributed by atoms with Crippen LogP contribution in [0.4, 0.5) is 5.82 Å². The van der Waals surface area contributed by atoms with E-state index in [-0.39, 0.29) is 0 Å². The van der Waals surface area contributed by atoms with E-state index >= 15 is 0 Å². The molecular formula is C16H24BrN3. The Balaban J connectivity index is 1.77. The fourth-order valence-corrected chi connectivity index (χ4v) is 3.60. The average Bonchev–Trinajstić information content (AvgIpc) is 2.69. The molecule has 0 aliphatic carbocycles. The normalized spacial score (nSPS) is 24.3. The Bertz CT molecular complexity index is 455. The molecule has 1 aromatic heterocycles. The van der Waals surface area contributed by atoms with E-state index in [1.54, 1.807) is 0 Å². The van der Waals surface area contributed by atoms with Gasteiger partial charge in [0.25, 0.3) is 0 Å². The van der Waals surface area contributed by atoms with Gasteiger partial charge in [-0.05, 0) is 37.3 Å². The van der Waals surface area contributed by atoms with Crippen LogP contribution in [0.15, 0.2) is 12.1 Å². The first-order valence-corrected chi connectivity index (χ1v) is 8.79. The first kappa shape index (κ1) is 14.3. The molecule has 110 valence electrons. The van der Waals surface area contributed by atoms with Crippen molar-refractivity contribution in [1.29, 1.82) is 0 Å². The van der Waals surface area contributed by atoms with Gasteiger partial charge in [0, 0.05) is 42.6 Å². The number of pyridine rings is 1. The van der Waals surface area contributed by atoms with Crippen LogP contribution in [0.5, 0.6) is 0 Å². The summed E-state index contributed by atoms with van der Waals surface area (Å²) in [6, 6.07) is 5.16. The Kier molecular flexibility index (Phi) is 4.61. The molecule has 1 saturated heterocycles. The average molecular weight is 338 g/mol. The highest BCUT2D eigenvalue weighted by molar-refractivity contribution is 9.09. The number of hydrogen-bond donors (Lipinski definition) is 1. The summed E-state index contributed by atoms with van der Waals surface area (Å²) in [5.41, 5.74) is 2.76. The van der Waals surface area contributed by atoms with Gasteiger partial charge in [-0.15, -0.1) is 0 Å². The molecule has 0 saturated carbocycles. The summed E-state index contributed by atoms with van der Waals surface area (Å²) in [6.07, 6.45) is 5.83. The molecule has 0 aromatic carbocycles. The molecule has 3 heterocycles. The van der Waals surface area contributed by atoms with E-state index in [0.717, 1.165) is 32.5 Å². The third-order valence-electron chi connectivity index (χ3n) is 4.56. The van der Waals surface area contributed by atoms with Crippen molar-refractivity contribution in [2.24, 2.45) is 0 Å². The maximum atomic E-state index is 4.96. The summed E-state index contributed by atoms with van der Waals surface area (Å²) >= 11 is 3.72. The van der Waals surface area contributed by atoms with Crippen molar-refractivity contribution in [2.45, 2.75) is 49.9 Å². The number of nitrogens with zero attached hydrogens (tertiary/aromatic N) is 2. The molecule has 0 radical (unpaired) electrons. The predicted octanol–water partition coefficient (Wildman–Crippen LogP) is 2.91. The zero-order valence-corrected chi connectivity index (χ0v) is 13.8. The van der Waals surface area contributed by atoms with Crippen molar-refractivity contribution < 1.29 is 0 Å². The minimum absolute atomic E-state index is 0.619. The standard InChI is InChI=1S/C16H24BrN3/c1-2-14-11-12-3-4-16(19-15(12)5-8-18-14)20-9-6-13(17)7-10-20/h3-4,13-14,18H,2,5-11H2,1H3. The fourth-order valence-electron chi connectivity index (χ4n) is 3.20. The van der Waals surface area contributed by atoms with E-state index in [4.69, 9.17) is 4.98 Å². The maximum absolute atomic E-state index is 4.96. The van der Waals surface area contributed by atoms with Gasteiger partial charge in [0.2, 0.25) is 0 Å². The third-order valence-corrected chi connectivity index (χ3v) is 5.47. The van der Waals surface area contributed by atoms with Gasteiger partial charge in [-0.2, -0.15) is 0 Å². The fraction of sp³-hybridized carbons (Fsp3) is 0.688. The highest BCUT2D eigenvalue weighted by atomic mass is 79.9. The topological polar surface area (TPSA) is 28.2 Å². The number of anilines is 1. The Morgan fingerprint density at radius 1 is 1.35 bits per heavy atom. The van der Waals surface area contributed by atoms with Crippen LogP contribution in [0.2, 0.25) is 0 Å². The molecule has 4 heteroatoms. The summed E-state index contributed by atoms with van der Waals surface area (Å²) < 4.78 is 0. The number of nitrogens with one attached hydrogen (secondary N) is 1. The van der Waals surface area contributed by atoms with Gasteiger partial charge in [-0.25, -0.2) is 4.98 Å². The Morgan fingerprint density at radius 3 is 2.90 bits per heavy atom. The lowest BCUT2D eigenvalue weighted by Gasteiger charge is -2.31. The van der Waals surface area contributed by atoms with Crippen LogP contribution in [0, 0.1) is 0 Å². The van der Waals surface area contributed by atoms with Crippen LogP contribution >= 0.6 is 15.9 Å². The van der Waals surface area contributed by atoms with E-state index in [1.807, 2.05) is 0 Å². The number of fused-ring (bicyclic) bond motifs is 1. The molecule has 1 atom stereocenters. The molecule has 3 rings (SSSR count). The molecular weight excluding hydrogens is 314 g/mol. The zero-order valence-electron chi connectivity index (χ0n) is 12.2. The van der Waals surface area contributed by atoms with Crippen LogP contribution < -0.4 is 10.2 Å². The van der Waals surface area contributed by atoms with Crippen molar-refractivity contribution >= 4 is 21.7 Å². The molecule has 1 unspecified atom stereocenters. The minimum atomic E-state index is 0.619. The third kappa shape index (κ3) is 3.17. The highest BCUT2D eigenvalue weighted by Gasteiger charge is 2.20. The monoisotopic (exact) mass is 337 g/mol. The van der Waals surface area contributed by atoms with Gasteiger partial charge in [0.15, 0.2) is 0 Å². The van der Waals surface area contributed by atoms with Gasteiger partial charge in [-0.1, -0.05) is 28.9 Å². The van der Waals surface area contributed by atoms with Crippen LogP contribution in [0.1, 0.15) is 37.4 Å². The zero-order chi connectivity index (χ0) is 13.9. The quantitative estimate of drug-likeness (QED) is 0.841. The number of halogens is 1. The summed E-state index contributed by atoms with van der Waals surface area (Å²) in [5, 5.41) is 3.62. The van der Waals surface area contributed by atoms with Crippen LogP contribution in [-0.4, -0.2) is 35.5 Å². The van der Waals surface area contributed by atoms with Crippen LogP contribution in [-0.2, 0) is 12.8 Å². The maximum Gasteiger partial charge on any atom is 0.128 e. The summed E-state index contributed by atoms with van der Waals surface area (Å²) in [6.45, 7) is 5.56.